The number of anilines is 2. The summed E-state index contributed by atoms with van der Waals surface area (Å²) in [5, 5.41) is 3.53. The zero-order valence-electron chi connectivity index (χ0n) is 23.1. The third-order valence-electron chi connectivity index (χ3n) is 6.45. The second-order valence-corrected chi connectivity index (χ2v) is 12.8. The lowest BCUT2D eigenvalue weighted by molar-refractivity contribution is 0.262. The number of para-hydroxylation sites is 2. The molecule has 0 aliphatic heterocycles. The lowest BCUT2D eigenvalue weighted by Gasteiger charge is -2.18. The molecule has 0 saturated heterocycles. The van der Waals surface area contributed by atoms with Crippen molar-refractivity contribution in [3.63, 3.8) is 0 Å². The quantitative estimate of drug-likeness (QED) is 0.165. The molecule has 2 unspecified atom stereocenters. The minimum absolute atomic E-state index is 0.0279. The summed E-state index contributed by atoms with van der Waals surface area (Å²) in [6.45, 7) is 3.53. The first-order valence-electron chi connectivity index (χ1n) is 13.4. The fourth-order valence-electron chi connectivity index (χ4n) is 4.44. The van der Waals surface area contributed by atoms with Crippen LogP contribution in [0.15, 0.2) is 109 Å². The molecule has 0 heterocycles. The Bertz CT molecular complexity index is 1700. The van der Waals surface area contributed by atoms with Gasteiger partial charge in [0, 0.05) is 5.69 Å². The molecule has 0 aliphatic carbocycles. The van der Waals surface area contributed by atoms with Crippen LogP contribution in [-0.4, -0.2) is 22.9 Å². The van der Waals surface area contributed by atoms with Gasteiger partial charge in [0.05, 0.1) is 5.69 Å². The van der Waals surface area contributed by atoms with Crippen molar-refractivity contribution in [2.45, 2.75) is 37.2 Å². The minimum Gasteiger partial charge on any atom is -0.382 e. The lowest BCUT2D eigenvalue weighted by atomic mass is 10.1. The zero-order valence-corrected chi connectivity index (χ0v) is 24.8. The second-order valence-electron chi connectivity index (χ2n) is 9.37. The van der Waals surface area contributed by atoms with Crippen molar-refractivity contribution in [3.05, 3.63) is 120 Å². The zero-order chi connectivity index (χ0) is 30.2. The number of amides is 2. The predicted octanol–water partition coefficient (Wildman–Crippen LogP) is 7.05. The van der Waals surface area contributed by atoms with E-state index in [2.05, 4.69) is 10.6 Å². The second kappa shape index (κ2) is 13.5. The van der Waals surface area contributed by atoms with Crippen molar-refractivity contribution in [2.75, 3.05) is 10.6 Å². The van der Waals surface area contributed by atoms with Crippen molar-refractivity contribution in [1.29, 1.82) is 0 Å². The van der Waals surface area contributed by atoms with Crippen molar-refractivity contribution >= 4 is 37.6 Å². The topological polar surface area (TPSA) is 128 Å². The highest BCUT2D eigenvalue weighted by Gasteiger charge is 2.29. The van der Waals surface area contributed by atoms with Gasteiger partial charge in [0.2, 0.25) is 0 Å². The van der Waals surface area contributed by atoms with Gasteiger partial charge in [0.15, 0.2) is 5.75 Å². The largest absolute Gasteiger partial charge is 0.382 e. The molecule has 2 N–H and O–H groups in total. The Hall–Kier alpha value is -4.35. The van der Waals surface area contributed by atoms with Gasteiger partial charge in [0.1, 0.15) is 16.2 Å². The average Bonchev–Trinajstić information content (AvgIpc) is 2.96. The third-order valence-corrected chi connectivity index (χ3v) is 9.89. The Morgan fingerprint density at radius 3 is 1.62 bits per heavy atom. The van der Waals surface area contributed by atoms with E-state index in [4.69, 9.17) is 8.37 Å². The molecule has 0 radical (unpaired) electrons. The Kier molecular flexibility index (Phi) is 9.87. The molecule has 0 bridgehead atoms. The highest BCUT2D eigenvalue weighted by atomic mass is 32.2. The summed E-state index contributed by atoms with van der Waals surface area (Å²) >= 11 is 0. The van der Waals surface area contributed by atoms with Crippen LogP contribution in [0.1, 0.15) is 48.3 Å². The van der Waals surface area contributed by atoms with Crippen LogP contribution >= 0.6 is 0 Å². The molecule has 42 heavy (non-hydrogen) atoms. The van der Waals surface area contributed by atoms with E-state index in [1.807, 2.05) is 6.07 Å². The van der Waals surface area contributed by atoms with Crippen LogP contribution in [0, 0.1) is 0 Å². The molecule has 4 rings (SSSR count). The highest BCUT2D eigenvalue weighted by Crippen LogP contribution is 2.33. The van der Waals surface area contributed by atoms with Crippen LogP contribution in [0.5, 0.6) is 11.5 Å². The third kappa shape index (κ3) is 7.68. The number of urea groups is 1. The molecule has 9 nitrogen and oxygen atoms in total. The van der Waals surface area contributed by atoms with E-state index in [-0.39, 0.29) is 17.2 Å². The maximum absolute atomic E-state index is 13.1. The number of hydrogen-bond donors (Lipinski definition) is 2. The summed E-state index contributed by atoms with van der Waals surface area (Å²) in [5.74, 6) is 0.0723. The summed E-state index contributed by atoms with van der Waals surface area (Å²) in [4.78, 5) is 12.8. The standard InChI is InChI=1S/C31H32N2O7S2/c1-3-29(23-13-7-5-8-14-23)41(35,36)39-26-21-19-25(20-22-26)32-31(34)33-27-17-11-12-18-28(27)40-42(37,38)30(4-2)24-15-9-6-10-16-24/h5-22,29-30H,3-4H2,1-2H3,(H2,32,33,34). The van der Waals surface area contributed by atoms with Crippen LogP contribution in [0.2, 0.25) is 0 Å². The number of benzene rings is 4. The summed E-state index contributed by atoms with van der Waals surface area (Å²) < 4.78 is 62.9. The van der Waals surface area contributed by atoms with Gasteiger partial charge in [0.25, 0.3) is 0 Å². The fraction of sp³-hybridized carbons (Fsp3) is 0.194. The molecule has 11 heteroatoms. The Morgan fingerprint density at radius 2 is 1.10 bits per heavy atom. The molecule has 0 saturated carbocycles. The number of carbonyl (C=O) groups excluding carboxylic acids is 1. The van der Waals surface area contributed by atoms with E-state index >= 15 is 0 Å². The fourth-order valence-corrected chi connectivity index (χ4v) is 7.25. The van der Waals surface area contributed by atoms with Crippen LogP contribution in [0.25, 0.3) is 0 Å². The first kappa shape index (κ1) is 30.6. The van der Waals surface area contributed by atoms with Crippen molar-refractivity contribution < 1.29 is 30.0 Å². The Labute approximate surface area is 246 Å². The van der Waals surface area contributed by atoms with Gasteiger partial charge < -0.3 is 19.0 Å². The molecular formula is C31H32N2O7S2. The number of rotatable bonds is 12. The van der Waals surface area contributed by atoms with E-state index in [9.17, 15) is 21.6 Å². The van der Waals surface area contributed by atoms with Crippen molar-refractivity contribution in [3.8, 4) is 11.5 Å². The van der Waals surface area contributed by atoms with E-state index < -0.39 is 36.8 Å². The number of carbonyl (C=O) groups is 1. The molecule has 220 valence electrons. The summed E-state index contributed by atoms with van der Waals surface area (Å²) in [6.07, 6.45) is 0.638. The molecule has 0 spiro atoms. The summed E-state index contributed by atoms with van der Waals surface area (Å²) in [5.41, 5.74) is 1.75. The molecule has 2 amide bonds. The van der Waals surface area contributed by atoms with E-state index in [0.29, 0.717) is 29.7 Å². The molecule has 0 aliphatic rings. The van der Waals surface area contributed by atoms with Gasteiger partial charge in [-0.05, 0) is 60.4 Å². The summed E-state index contributed by atoms with van der Waals surface area (Å²) in [7, 11) is -8.04. The number of hydrogen-bond acceptors (Lipinski definition) is 7. The lowest BCUT2D eigenvalue weighted by Crippen LogP contribution is -2.22. The van der Waals surface area contributed by atoms with Gasteiger partial charge >= 0.3 is 26.3 Å². The first-order chi connectivity index (χ1) is 20.1. The highest BCUT2D eigenvalue weighted by molar-refractivity contribution is 7.87. The molecule has 2 atom stereocenters. The van der Waals surface area contributed by atoms with Crippen LogP contribution in [0.3, 0.4) is 0 Å². The Balaban J connectivity index is 1.41. The minimum atomic E-state index is -4.08. The molecule has 0 aromatic heterocycles. The summed E-state index contributed by atoms with van der Waals surface area (Å²) in [6, 6.07) is 29.0. The van der Waals surface area contributed by atoms with Gasteiger partial charge in [-0.25, -0.2) is 4.79 Å². The van der Waals surface area contributed by atoms with Gasteiger partial charge in [-0.15, -0.1) is 0 Å². The van der Waals surface area contributed by atoms with Crippen molar-refractivity contribution in [1.82, 2.24) is 0 Å². The molecule has 0 fully saturated rings. The molecular weight excluding hydrogens is 576 g/mol. The monoisotopic (exact) mass is 608 g/mol. The van der Waals surface area contributed by atoms with Gasteiger partial charge in [-0.3, -0.25) is 0 Å². The van der Waals surface area contributed by atoms with Gasteiger partial charge in [-0.1, -0.05) is 86.6 Å². The van der Waals surface area contributed by atoms with Crippen LogP contribution in [-0.2, 0) is 20.2 Å². The molecule has 4 aromatic rings. The van der Waals surface area contributed by atoms with E-state index in [1.165, 1.54) is 36.4 Å². The van der Waals surface area contributed by atoms with E-state index in [0.717, 1.165) is 0 Å². The molecule has 4 aromatic carbocycles. The van der Waals surface area contributed by atoms with Crippen molar-refractivity contribution in [2.24, 2.45) is 0 Å². The van der Waals surface area contributed by atoms with E-state index in [1.54, 1.807) is 80.6 Å². The predicted molar refractivity (Wildman–Crippen MR) is 164 cm³/mol. The first-order valence-corrected chi connectivity index (χ1v) is 16.3. The normalized spacial score (nSPS) is 13.0. The Morgan fingerprint density at radius 1 is 0.619 bits per heavy atom. The maximum atomic E-state index is 13.1. The van der Waals surface area contributed by atoms with Crippen LogP contribution < -0.4 is 19.0 Å². The van der Waals surface area contributed by atoms with Crippen LogP contribution in [0.4, 0.5) is 16.2 Å². The number of nitrogens with one attached hydrogen (secondary N) is 2. The SMILES string of the molecule is CCC(c1ccccc1)S(=O)(=O)Oc1ccc(NC(=O)Nc2ccccc2OS(=O)(=O)C(CC)c2ccccc2)cc1. The van der Waals surface area contributed by atoms with Gasteiger partial charge in [-0.2, -0.15) is 16.8 Å². The smallest absolute Gasteiger partial charge is 0.323 e. The maximum Gasteiger partial charge on any atom is 0.323 e. The average molecular weight is 609 g/mol.